The highest BCUT2D eigenvalue weighted by Gasteiger charge is 2.17. The smallest absolute Gasteiger partial charge is 0.255 e. The van der Waals surface area contributed by atoms with E-state index in [4.69, 9.17) is 11.6 Å². The number of nitrogens with zero attached hydrogens (tertiary/aromatic N) is 3. The minimum atomic E-state index is -0.0111. The molecular weight excluding hydrogens is 238 g/mol. The van der Waals surface area contributed by atoms with Crippen LogP contribution in [0.3, 0.4) is 0 Å². The van der Waals surface area contributed by atoms with Crippen LogP contribution in [0.15, 0.2) is 6.07 Å². The second kappa shape index (κ2) is 6.55. The molecule has 5 heteroatoms. The normalized spacial score (nSPS) is 10.4. The number of carbonyl (C=O) groups excluding carboxylic acids is 1. The van der Waals surface area contributed by atoms with Crippen LogP contribution < -0.4 is 0 Å². The molecule has 94 valence electrons. The largest absolute Gasteiger partial charge is 0.337 e. The van der Waals surface area contributed by atoms with E-state index in [9.17, 15) is 4.79 Å². The predicted octanol–water partition coefficient (Wildman–Crippen LogP) is 2.18. The van der Waals surface area contributed by atoms with E-state index in [-0.39, 0.29) is 5.91 Å². The molecule has 0 aliphatic rings. The molecule has 0 unspecified atom stereocenters. The van der Waals surface area contributed by atoms with Crippen LogP contribution >= 0.6 is 11.6 Å². The lowest BCUT2D eigenvalue weighted by Crippen LogP contribution is -2.34. The summed E-state index contributed by atoms with van der Waals surface area (Å²) < 4.78 is 0. The Hall–Kier alpha value is -1.16. The van der Waals surface area contributed by atoms with E-state index in [2.05, 4.69) is 10.2 Å². The number of hydrogen-bond donors (Lipinski definition) is 0. The quantitative estimate of drug-likeness (QED) is 0.758. The molecule has 1 aromatic heterocycles. The first-order valence-electron chi connectivity index (χ1n) is 5.76. The number of alkyl halides is 1. The fourth-order valence-corrected chi connectivity index (χ4v) is 1.83. The van der Waals surface area contributed by atoms with E-state index in [1.165, 1.54) is 0 Å². The van der Waals surface area contributed by atoms with Crippen LogP contribution in [0.2, 0.25) is 0 Å². The van der Waals surface area contributed by atoms with Crippen LogP contribution in [0.1, 0.15) is 35.1 Å². The lowest BCUT2D eigenvalue weighted by Gasteiger charge is -2.21. The maximum absolute atomic E-state index is 12.3. The molecular formula is C12H18ClN3O. The summed E-state index contributed by atoms with van der Waals surface area (Å²) in [5, 5.41) is 7.90. The predicted molar refractivity (Wildman–Crippen MR) is 68.4 cm³/mol. The third-order valence-electron chi connectivity index (χ3n) is 2.47. The van der Waals surface area contributed by atoms with Gasteiger partial charge in [0.2, 0.25) is 0 Å². The van der Waals surface area contributed by atoms with Crippen molar-refractivity contribution in [3.8, 4) is 0 Å². The molecule has 0 saturated heterocycles. The lowest BCUT2D eigenvalue weighted by atomic mass is 10.1. The van der Waals surface area contributed by atoms with Gasteiger partial charge in [-0.05, 0) is 26.3 Å². The van der Waals surface area contributed by atoms with E-state index in [0.29, 0.717) is 30.2 Å². The van der Waals surface area contributed by atoms with Gasteiger partial charge in [-0.25, -0.2) is 0 Å². The summed E-state index contributed by atoms with van der Waals surface area (Å²) in [6.07, 6.45) is 0.916. The average Bonchev–Trinajstić information content (AvgIpc) is 2.31. The van der Waals surface area contributed by atoms with Crippen LogP contribution in [0, 0.1) is 13.8 Å². The molecule has 0 fully saturated rings. The van der Waals surface area contributed by atoms with Crippen LogP contribution in [-0.4, -0.2) is 40.0 Å². The molecule has 0 aliphatic heterocycles. The second-order valence-electron chi connectivity index (χ2n) is 3.97. The van der Waals surface area contributed by atoms with Crippen molar-refractivity contribution in [2.24, 2.45) is 0 Å². The zero-order valence-electron chi connectivity index (χ0n) is 10.5. The summed E-state index contributed by atoms with van der Waals surface area (Å²) in [7, 11) is 0. The number of aryl methyl sites for hydroxylation is 2. The van der Waals surface area contributed by atoms with Gasteiger partial charge in [0.1, 0.15) is 0 Å². The molecule has 0 radical (unpaired) electrons. The molecule has 0 aliphatic carbocycles. The Morgan fingerprint density at radius 1 is 1.35 bits per heavy atom. The van der Waals surface area contributed by atoms with Crippen molar-refractivity contribution in [3.05, 3.63) is 23.0 Å². The molecule has 0 saturated carbocycles. The highest BCUT2D eigenvalue weighted by molar-refractivity contribution is 6.18. The Bertz CT molecular complexity index is 389. The summed E-state index contributed by atoms with van der Waals surface area (Å²) in [5.74, 6) is 0.436. The molecule has 1 heterocycles. The fraction of sp³-hybridized carbons (Fsp3) is 0.583. The fourth-order valence-electron chi connectivity index (χ4n) is 1.62. The maximum Gasteiger partial charge on any atom is 0.255 e. The number of halogens is 1. The minimum Gasteiger partial charge on any atom is -0.337 e. The van der Waals surface area contributed by atoms with Gasteiger partial charge in [0.25, 0.3) is 5.91 Å². The molecule has 1 aromatic rings. The summed E-state index contributed by atoms with van der Waals surface area (Å²) >= 11 is 5.71. The molecule has 0 bridgehead atoms. The third-order valence-corrected chi connectivity index (χ3v) is 2.64. The van der Waals surface area contributed by atoms with Gasteiger partial charge in [0.15, 0.2) is 0 Å². The topological polar surface area (TPSA) is 46.1 Å². The lowest BCUT2D eigenvalue weighted by molar-refractivity contribution is 0.0764. The van der Waals surface area contributed by atoms with Gasteiger partial charge in [-0.15, -0.1) is 11.6 Å². The van der Waals surface area contributed by atoms with Gasteiger partial charge in [0, 0.05) is 19.0 Å². The van der Waals surface area contributed by atoms with Crippen molar-refractivity contribution < 1.29 is 4.79 Å². The minimum absolute atomic E-state index is 0.0111. The summed E-state index contributed by atoms with van der Waals surface area (Å²) in [6.45, 7) is 6.94. The van der Waals surface area contributed by atoms with Gasteiger partial charge in [-0.1, -0.05) is 6.92 Å². The summed E-state index contributed by atoms with van der Waals surface area (Å²) in [4.78, 5) is 14.1. The first-order valence-corrected chi connectivity index (χ1v) is 6.29. The highest BCUT2D eigenvalue weighted by Crippen LogP contribution is 2.10. The van der Waals surface area contributed by atoms with Gasteiger partial charge in [-0.3, -0.25) is 4.79 Å². The number of aromatic nitrogens is 2. The molecule has 1 rings (SSSR count). The number of carbonyl (C=O) groups is 1. The van der Waals surface area contributed by atoms with Gasteiger partial charge >= 0.3 is 0 Å². The van der Waals surface area contributed by atoms with Gasteiger partial charge < -0.3 is 4.90 Å². The molecule has 0 atom stereocenters. The van der Waals surface area contributed by atoms with Crippen molar-refractivity contribution in [1.82, 2.24) is 15.1 Å². The van der Waals surface area contributed by atoms with E-state index >= 15 is 0 Å². The highest BCUT2D eigenvalue weighted by atomic mass is 35.5. The Kier molecular flexibility index (Phi) is 5.35. The van der Waals surface area contributed by atoms with Crippen molar-refractivity contribution in [2.45, 2.75) is 27.2 Å². The summed E-state index contributed by atoms with van der Waals surface area (Å²) in [6, 6.07) is 1.78. The van der Waals surface area contributed by atoms with E-state index in [0.717, 1.165) is 12.1 Å². The van der Waals surface area contributed by atoms with E-state index in [1.54, 1.807) is 17.9 Å². The number of hydrogen-bond acceptors (Lipinski definition) is 3. The molecule has 0 spiro atoms. The third kappa shape index (κ3) is 3.66. The van der Waals surface area contributed by atoms with Crippen LogP contribution in [0.25, 0.3) is 0 Å². The zero-order valence-corrected chi connectivity index (χ0v) is 11.3. The first-order chi connectivity index (χ1) is 8.10. The van der Waals surface area contributed by atoms with E-state index in [1.807, 2.05) is 13.8 Å². The Labute approximate surface area is 107 Å². The standard InChI is InChI=1S/C12H18ClN3O/c1-4-6-16(7-5-13)12(17)11-8-9(2)14-15-10(11)3/h8H,4-7H2,1-3H3. The van der Waals surface area contributed by atoms with Crippen molar-refractivity contribution in [3.63, 3.8) is 0 Å². The molecule has 1 amide bonds. The molecule has 4 nitrogen and oxygen atoms in total. The van der Waals surface area contributed by atoms with Gasteiger partial charge in [0.05, 0.1) is 17.0 Å². The molecule has 0 N–H and O–H groups in total. The zero-order chi connectivity index (χ0) is 12.8. The maximum atomic E-state index is 12.3. The van der Waals surface area contributed by atoms with Crippen LogP contribution in [0.4, 0.5) is 0 Å². The number of rotatable bonds is 5. The summed E-state index contributed by atoms with van der Waals surface area (Å²) in [5.41, 5.74) is 2.04. The SMILES string of the molecule is CCCN(CCCl)C(=O)c1cc(C)nnc1C. The molecule has 0 aromatic carbocycles. The van der Waals surface area contributed by atoms with Crippen LogP contribution in [0.5, 0.6) is 0 Å². The van der Waals surface area contributed by atoms with Gasteiger partial charge in [-0.2, -0.15) is 10.2 Å². The molecule has 17 heavy (non-hydrogen) atoms. The van der Waals surface area contributed by atoms with Crippen molar-refractivity contribution in [2.75, 3.05) is 19.0 Å². The average molecular weight is 256 g/mol. The Morgan fingerprint density at radius 2 is 2.06 bits per heavy atom. The second-order valence-corrected chi connectivity index (χ2v) is 4.34. The number of amides is 1. The van der Waals surface area contributed by atoms with Crippen molar-refractivity contribution >= 4 is 17.5 Å². The first kappa shape index (κ1) is 13.9. The van der Waals surface area contributed by atoms with Crippen LogP contribution in [-0.2, 0) is 0 Å². The monoisotopic (exact) mass is 255 g/mol. The van der Waals surface area contributed by atoms with Crippen molar-refractivity contribution in [1.29, 1.82) is 0 Å². The Morgan fingerprint density at radius 3 is 2.65 bits per heavy atom. The Balaban J connectivity index is 2.95. The van der Waals surface area contributed by atoms with E-state index < -0.39 is 0 Å².